The minimum absolute atomic E-state index is 0.106. The van der Waals surface area contributed by atoms with Gasteiger partial charge >= 0.3 is 5.97 Å². The van der Waals surface area contributed by atoms with Crippen LogP contribution >= 0.6 is 0 Å². The van der Waals surface area contributed by atoms with Crippen molar-refractivity contribution in [2.45, 2.75) is 72.3 Å². The van der Waals surface area contributed by atoms with Crippen molar-refractivity contribution in [3.63, 3.8) is 0 Å². The van der Waals surface area contributed by atoms with Gasteiger partial charge in [-0.2, -0.15) is 0 Å². The van der Waals surface area contributed by atoms with E-state index < -0.39 is 0 Å². The Morgan fingerprint density at radius 1 is 1.16 bits per heavy atom. The molecule has 1 aromatic carbocycles. The zero-order chi connectivity index (χ0) is 22.0. The van der Waals surface area contributed by atoms with Crippen molar-refractivity contribution in [1.29, 1.82) is 0 Å². The van der Waals surface area contributed by atoms with Gasteiger partial charge in [-0.05, 0) is 55.0 Å². The molecule has 0 saturated heterocycles. The van der Waals surface area contributed by atoms with Crippen LogP contribution in [0.15, 0.2) is 42.6 Å². The topological polar surface area (TPSA) is 55.6 Å². The number of nitrogens with zero attached hydrogens (tertiary/aromatic N) is 2. The third kappa shape index (κ3) is 5.27. The predicted molar refractivity (Wildman–Crippen MR) is 126 cm³/mol. The van der Waals surface area contributed by atoms with Crippen molar-refractivity contribution >= 4 is 17.4 Å². The average Bonchev–Trinajstić information content (AvgIpc) is 3.05. The van der Waals surface area contributed by atoms with Crippen LogP contribution in [0.5, 0.6) is 5.75 Å². The standard InChI is InChI=1S/C26H33N3O2/c1-18-13-14-29-22(15-18)28-24(25(29)27-20-10-6-5-7-11-20)19-9-8-12-21(16-19)31-23(30)17-26(2,3)4/h8-9,12-16,20,27H,5-7,10-11,17H2,1-4H3. The van der Waals surface area contributed by atoms with E-state index in [0.717, 1.165) is 22.7 Å². The number of hydrogen-bond donors (Lipinski definition) is 1. The van der Waals surface area contributed by atoms with Gasteiger partial charge < -0.3 is 10.1 Å². The second kappa shape index (κ2) is 8.74. The summed E-state index contributed by atoms with van der Waals surface area (Å²) in [6.45, 7) is 8.18. The minimum atomic E-state index is -0.212. The summed E-state index contributed by atoms with van der Waals surface area (Å²) in [5.74, 6) is 1.36. The number of ether oxygens (including phenoxy) is 1. The van der Waals surface area contributed by atoms with Crippen molar-refractivity contribution in [1.82, 2.24) is 9.38 Å². The maximum atomic E-state index is 12.3. The number of benzene rings is 1. The molecular formula is C26H33N3O2. The van der Waals surface area contributed by atoms with Gasteiger partial charge in [-0.15, -0.1) is 0 Å². The lowest BCUT2D eigenvalue weighted by Crippen LogP contribution is -2.23. The van der Waals surface area contributed by atoms with Crippen LogP contribution in [-0.2, 0) is 4.79 Å². The van der Waals surface area contributed by atoms with Crippen LogP contribution in [0.3, 0.4) is 0 Å². The number of imidazole rings is 1. The zero-order valence-corrected chi connectivity index (χ0v) is 19.1. The third-order valence-electron chi connectivity index (χ3n) is 5.74. The van der Waals surface area contributed by atoms with Crippen molar-refractivity contribution in [2.24, 2.45) is 5.41 Å². The van der Waals surface area contributed by atoms with E-state index in [1.54, 1.807) is 0 Å². The summed E-state index contributed by atoms with van der Waals surface area (Å²) in [4.78, 5) is 17.3. The molecule has 1 aliphatic carbocycles. The number of pyridine rings is 1. The van der Waals surface area contributed by atoms with Gasteiger partial charge in [-0.3, -0.25) is 9.20 Å². The van der Waals surface area contributed by atoms with E-state index in [-0.39, 0.29) is 11.4 Å². The number of aromatic nitrogens is 2. The van der Waals surface area contributed by atoms with Crippen molar-refractivity contribution in [2.75, 3.05) is 5.32 Å². The molecular weight excluding hydrogens is 386 g/mol. The molecule has 0 bridgehead atoms. The maximum Gasteiger partial charge on any atom is 0.311 e. The Balaban J connectivity index is 1.68. The van der Waals surface area contributed by atoms with Crippen molar-refractivity contribution < 1.29 is 9.53 Å². The Hall–Kier alpha value is -2.82. The lowest BCUT2D eigenvalue weighted by atomic mass is 9.92. The summed E-state index contributed by atoms with van der Waals surface area (Å²) in [5, 5.41) is 3.77. The Morgan fingerprint density at radius 2 is 1.94 bits per heavy atom. The Labute approximate surface area is 184 Å². The highest BCUT2D eigenvalue weighted by atomic mass is 16.5. The van der Waals surface area contributed by atoms with Crippen LogP contribution in [0.25, 0.3) is 16.9 Å². The zero-order valence-electron chi connectivity index (χ0n) is 19.1. The molecule has 0 atom stereocenters. The number of esters is 1. The number of carbonyl (C=O) groups is 1. The number of nitrogens with one attached hydrogen (secondary N) is 1. The van der Waals surface area contributed by atoms with Gasteiger partial charge in [0.15, 0.2) is 0 Å². The molecule has 0 unspecified atom stereocenters. The van der Waals surface area contributed by atoms with Crippen LogP contribution in [0.2, 0.25) is 0 Å². The molecule has 2 heterocycles. The summed E-state index contributed by atoms with van der Waals surface area (Å²) in [7, 11) is 0. The van der Waals surface area contributed by atoms with Gasteiger partial charge in [0.1, 0.15) is 22.9 Å². The number of aryl methyl sites for hydroxylation is 1. The largest absolute Gasteiger partial charge is 0.426 e. The fraction of sp³-hybridized carbons (Fsp3) is 0.462. The smallest absolute Gasteiger partial charge is 0.311 e. The van der Waals surface area contributed by atoms with Crippen LogP contribution in [0.4, 0.5) is 5.82 Å². The average molecular weight is 420 g/mol. The highest BCUT2D eigenvalue weighted by molar-refractivity contribution is 5.79. The monoisotopic (exact) mass is 419 g/mol. The number of rotatable bonds is 5. The highest BCUT2D eigenvalue weighted by Gasteiger charge is 2.21. The summed E-state index contributed by atoms with van der Waals surface area (Å²) >= 11 is 0. The fourth-order valence-electron chi connectivity index (χ4n) is 4.23. The summed E-state index contributed by atoms with van der Waals surface area (Å²) in [6, 6.07) is 12.4. The van der Waals surface area contributed by atoms with Gasteiger partial charge in [0.25, 0.3) is 0 Å². The number of hydrogen-bond acceptors (Lipinski definition) is 4. The highest BCUT2D eigenvalue weighted by Crippen LogP contribution is 2.33. The Morgan fingerprint density at radius 3 is 2.68 bits per heavy atom. The molecule has 5 heteroatoms. The van der Waals surface area contributed by atoms with Crippen LogP contribution in [-0.4, -0.2) is 21.4 Å². The van der Waals surface area contributed by atoms with Gasteiger partial charge in [0, 0.05) is 17.8 Å². The van der Waals surface area contributed by atoms with E-state index in [0.29, 0.717) is 18.2 Å². The predicted octanol–water partition coefficient (Wildman–Crippen LogP) is 6.40. The minimum Gasteiger partial charge on any atom is -0.426 e. The second-order valence-corrected chi connectivity index (χ2v) is 9.96. The van der Waals surface area contributed by atoms with Crippen LogP contribution < -0.4 is 10.1 Å². The summed E-state index contributed by atoms with van der Waals surface area (Å²) in [5.41, 5.74) is 3.83. The normalized spacial score (nSPS) is 15.2. The molecule has 0 radical (unpaired) electrons. The lowest BCUT2D eigenvalue weighted by Gasteiger charge is -2.24. The molecule has 31 heavy (non-hydrogen) atoms. The molecule has 4 rings (SSSR count). The first-order valence-corrected chi connectivity index (χ1v) is 11.3. The van der Waals surface area contributed by atoms with E-state index in [1.165, 1.54) is 37.7 Å². The maximum absolute atomic E-state index is 12.3. The van der Waals surface area contributed by atoms with E-state index in [1.807, 2.05) is 45.0 Å². The van der Waals surface area contributed by atoms with Gasteiger partial charge in [0.2, 0.25) is 0 Å². The third-order valence-corrected chi connectivity index (χ3v) is 5.74. The first-order valence-electron chi connectivity index (χ1n) is 11.3. The van der Waals surface area contributed by atoms with E-state index in [2.05, 4.69) is 35.0 Å². The lowest BCUT2D eigenvalue weighted by molar-refractivity contribution is -0.136. The van der Waals surface area contributed by atoms with Gasteiger partial charge in [-0.1, -0.05) is 52.2 Å². The summed E-state index contributed by atoms with van der Waals surface area (Å²) < 4.78 is 7.78. The van der Waals surface area contributed by atoms with Crippen molar-refractivity contribution in [3.05, 3.63) is 48.2 Å². The molecule has 1 fully saturated rings. The molecule has 1 N–H and O–H groups in total. The van der Waals surface area contributed by atoms with Crippen LogP contribution in [0, 0.1) is 12.3 Å². The molecule has 1 aliphatic rings. The fourth-order valence-corrected chi connectivity index (χ4v) is 4.23. The quantitative estimate of drug-likeness (QED) is 0.384. The molecule has 164 valence electrons. The molecule has 1 saturated carbocycles. The Bertz CT molecular complexity index is 1070. The second-order valence-electron chi connectivity index (χ2n) is 9.96. The molecule has 5 nitrogen and oxygen atoms in total. The van der Waals surface area contributed by atoms with E-state index in [9.17, 15) is 4.79 Å². The van der Waals surface area contributed by atoms with Crippen LogP contribution in [0.1, 0.15) is 64.9 Å². The summed E-state index contributed by atoms with van der Waals surface area (Å²) in [6.07, 6.45) is 8.67. The molecule has 0 aliphatic heterocycles. The number of anilines is 1. The molecule has 0 spiro atoms. The molecule has 2 aromatic heterocycles. The Kier molecular flexibility index (Phi) is 6.03. The SMILES string of the molecule is Cc1ccn2c(NC3CCCCC3)c(-c3cccc(OC(=O)CC(C)(C)C)c3)nc2c1. The first-order chi connectivity index (χ1) is 14.8. The molecule has 3 aromatic rings. The van der Waals surface area contributed by atoms with E-state index in [4.69, 9.17) is 9.72 Å². The van der Waals surface area contributed by atoms with Gasteiger partial charge in [0.05, 0.1) is 6.42 Å². The van der Waals surface area contributed by atoms with Crippen molar-refractivity contribution in [3.8, 4) is 17.0 Å². The number of carbonyl (C=O) groups excluding carboxylic acids is 1. The first kappa shape index (κ1) is 21.4. The van der Waals surface area contributed by atoms with E-state index >= 15 is 0 Å². The molecule has 0 amide bonds. The van der Waals surface area contributed by atoms with Gasteiger partial charge in [-0.25, -0.2) is 4.98 Å². The number of fused-ring (bicyclic) bond motifs is 1.